The summed E-state index contributed by atoms with van der Waals surface area (Å²) in [5.74, 6) is -4.12. The van der Waals surface area contributed by atoms with Crippen molar-refractivity contribution in [2.45, 2.75) is 12.1 Å². The first-order valence-corrected chi connectivity index (χ1v) is 6.72. The van der Waals surface area contributed by atoms with Crippen molar-refractivity contribution in [3.05, 3.63) is 47.8 Å². The van der Waals surface area contributed by atoms with Crippen LogP contribution in [0.1, 0.15) is 16.1 Å². The summed E-state index contributed by atoms with van der Waals surface area (Å²) in [6.07, 6.45) is -3.66. The number of hydrogen-bond donors (Lipinski definition) is 2. The molecule has 0 spiro atoms. The molecule has 0 saturated carbocycles. The van der Waals surface area contributed by atoms with E-state index < -0.39 is 36.8 Å². The molecule has 0 bridgehead atoms. The van der Waals surface area contributed by atoms with Gasteiger partial charge >= 0.3 is 6.18 Å². The predicted molar refractivity (Wildman–Crippen MR) is 82.1 cm³/mol. The van der Waals surface area contributed by atoms with E-state index in [1.807, 2.05) is 5.32 Å². The molecule has 0 aliphatic rings. The van der Waals surface area contributed by atoms with Crippen LogP contribution >= 0.6 is 12.4 Å². The van der Waals surface area contributed by atoms with Crippen LogP contribution in [0.25, 0.3) is 5.69 Å². The molecule has 11 heteroatoms. The molecule has 1 amide bonds. The van der Waals surface area contributed by atoms with E-state index in [9.17, 15) is 26.7 Å². The first-order valence-electron chi connectivity index (χ1n) is 6.72. The lowest BCUT2D eigenvalue weighted by atomic mass is 10.2. The number of carbonyl (C=O) groups excluding carboxylic acids is 1. The summed E-state index contributed by atoms with van der Waals surface area (Å²) >= 11 is 0. The molecule has 0 unspecified atom stereocenters. The van der Waals surface area contributed by atoms with Gasteiger partial charge in [-0.25, -0.2) is 13.5 Å². The van der Waals surface area contributed by atoms with E-state index in [1.54, 1.807) is 0 Å². The Morgan fingerprint density at radius 3 is 2.48 bits per heavy atom. The number of alkyl halides is 5. The van der Waals surface area contributed by atoms with Gasteiger partial charge in [0.15, 0.2) is 0 Å². The van der Waals surface area contributed by atoms with E-state index in [4.69, 9.17) is 5.73 Å². The third-order valence-corrected chi connectivity index (χ3v) is 3.09. The summed E-state index contributed by atoms with van der Waals surface area (Å²) < 4.78 is 65.3. The van der Waals surface area contributed by atoms with Gasteiger partial charge < -0.3 is 11.1 Å². The maximum absolute atomic E-state index is 13.0. The highest BCUT2D eigenvalue weighted by molar-refractivity contribution is 5.94. The topological polar surface area (TPSA) is 72.9 Å². The molecule has 1 heterocycles. The molecular formula is C14H14ClF5N4O. The van der Waals surface area contributed by atoms with Crippen molar-refractivity contribution in [1.29, 1.82) is 0 Å². The van der Waals surface area contributed by atoms with Crippen molar-refractivity contribution in [3.63, 3.8) is 0 Å². The average molecular weight is 385 g/mol. The van der Waals surface area contributed by atoms with Crippen LogP contribution < -0.4 is 11.1 Å². The average Bonchev–Trinajstić information content (AvgIpc) is 3.03. The molecule has 0 radical (unpaired) electrons. The van der Waals surface area contributed by atoms with Gasteiger partial charge in [-0.05, 0) is 24.3 Å². The Bertz CT molecular complexity index is 732. The van der Waals surface area contributed by atoms with Crippen molar-refractivity contribution in [1.82, 2.24) is 15.1 Å². The number of carbonyl (C=O) groups is 1. The summed E-state index contributed by atoms with van der Waals surface area (Å²) in [5, 5.41) is 5.57. The van der Waals surface area contributed by atoms with Crippen molar-refractivity contribution < 1.29 is 26.7 Å². The van der Waals surface area contributed by atoms with Crippen molar-refractivity contribution >= 4 is 18.3 Å². The highest BCUT2D eigenvalue weighted by Gasteiger charge is 2.35. The van der Waals surface area contributed by atoms with Crippen LogP contribution in [0.15, 0.2) is 36.5 Å². The summed E-state index contributed by atoms with van der Waals surface area (Å²) in [6, 6.07) is 5.84. The Balaban J connectivity index is 0.00000312. The van der Waals surface area contributed by atoms with Gasteiger partial charge in [0.05, 0.1) is 25.0 Å². The molecule has 0 aliphatic heterocycles. The van der Waals surface area contributed by atoms with E-state index in [1.165, 1.54) is 18.2 Å². The van der Waals surface area contributed by atoms with Crippen LogP contribution in [0.3, 0.4) is 0 Å². The lowest BCUT2D eigenvalue weighted by molar-refractivity contribution is -0.142. The number of aromatic nitrogens is 2. The quantitative estimate of drug-likeness (QED) is 0.778. The number of benzene rings is 1. The van der Waals surface area contributed by atoms with E-state index in [2.05, 4.69) is 5.10 Å². The zero-order valence-electron chi connectivity index (χ0n) is 12.6. The Morgan fingerprint density at radius 1 is 1.20 bits per heavy atom. The summed E-state index contributed by atoms with van der Waals surface area (Å²) in [4.78, 5) is 11.9. The zero-order chi connectivity index (χ0) is 18.0. The molecule has 0 aliphatic carbocycles. The van der Waals surface area contributed by atoms with Gasteiger partial charge in [0.25, 0.3) is 11.8 Å². The zero-order valence-corrected chi connectivity index (χ0v) is 13.4. The minimum Gasteiger partial charge on any atom is -0.346 e. The van der Waals surface area contributed by atoms with Gasteiger partial charge in [-0.2, -0.15) is 18.3 Å². The number of rotatable bonds is 5. The molecule has 1 aromatic carbocycles. The SMILES string of the molecule is Cl.NCC(F)(F)CNC(=O)c1cccc(-n2nccc2C(F)(F)F)c1. The molecule has 3 N–H and O–H groups in total. The number of nitrogens with one attached hydrogen (secondary N) is 1. The smallest absolute Gasteiger partial charge is 0.346 e. The number of halogens is 6. The van der Waals surface area contributed by atoms with Crippen molar-refractivity contribution in [2.75, 3.05) is 13.1 Å². The first kappa shape index (κ1) is 20.8. The highest BCUT2D eigenvalue weighted by atomic mass is 35.5. The normalized spacial score (nSPS) is 11.8. The van der Waals surface area contributed by atoms with Gasteiger partial charge in [-0.1, -0.05) is 6.07 Å². The lowest BCUT2D eigenvalue weighted by Gasteiger charge is -2.15. The van der Waals surface area contributed by atoms with Gasteiger partial charge in [0.2, 0.25) is 0 Å². The van der Waals surface area contributed by atoms with E-state index in [0.29, 0.717) is 4.68 Å². The number of nitrogens with zero attached hydrogens (tertiary/aromatic N) is 2. The molecule has 2 rings (SSSR count). The molecule has 0 fully saturated rings. The van der Waals surface area contributed by atoms with Gasteiger partial charge in [-0.3, -0.25) is 4.79 Å². The second-order valence-corrected chi connectivity index (χ2v) is 4.92. The Hall–Kier alpha value is -2.20. The molecule has 0 saturated heterocycles. The van der Waals surface area contributed by atoms with Crippen LogP contribution in [-0.2, 0) is 6.18 Å². The third-order valence-electron chi connectivity index (χ3n) is 3.09. The van der Waals surface area contributed by atoms with E-state index in [-0.39, 0.29) is 23.7 Å². The maximum Gasteiger partial charge on any atom is 0.433 e. The number of nitrogens with two attached hydrogens (primary N) is 1. The Morgan fingerprint density at radius 2 is 1.88 bits per heavy atom. The molecule has 2 aromatic rings. The van der Waals surface area contributed by atoms with Crippen molar-refractivity contribution in [3.8, 4) is 5.69 Å². The minimum atomic E-state index is -4.63. The van der Waals surface area contributed by atoms with Gasteiger partial charge in [0, 0.05) is 5.56 Å². The third kappa shape index (κ3) is 5.13. The van der Waals surface area contributed by atoms with Crippen molar-refractivity contribution in [2.24, 2.45) is 5.73 Å². The molecule has 1 aromatic heterocycles. The molecule has 5 nitrogen and oxygen atoms in total. The standard InChI is InChI=1S/C14H13F5N4O.ClH/c15-13(16,7-20)8-21-12(24)9-2-1-3-10(6-9)23-11(4-5-22-23)14(17,18)19;/h1-6H,7-8,20H2,(H,21,24);1H. The fraction of sp³-hybridized carbons (Fsp3) is 0.286. The molecule has 138 valence electrons. The van der Waals surface area contributed by atoms with Crippen LogP contribution in [0.5, 0.6) is 0 Å². The monoisotopic (exact) mass is 384 g/mol. The second-order valence-electron chi connectivity index (χ2n) is 4.92. The second kappa shape index (κ2) is 7.79. The lowest BCUT2D eigenvalue weighted by Crippen LogP contribution is -2.41. The predicted octanol–water partition coefficient (Wildman–Crippen LogP) is 2.64. The van der Waals surface area contributed by atoms with Crippen LogP contribution in [0.4, 0.5) is 22.0 Å². The number of hydrogen-bond acceptors (Lipinski definition) is 3. The van der Waals surface area contributed by atoms with Gasteiger partial charge in [-0.15, -0.1) is 12.4 Å². The maximum atomic E-state index is 13.0. The van der Waals surface area contributed by atoms with Crippen LogP contribution in [0.2, 0.25) is 0 Å². The van der Waals surface area contributed by atoms with Gasteiger partial charge in [0.1, 0.15) is 5.69 Å². The fourth-order valence-corrected chi connectivity index (χ4v) is 1.89. The summed E-state index contributed by atoms with van der Waals surface area (Å²) in [7, 11) is 0. The molecular weight excluding hydrogens is 371 g/mol. The fourth-order valence-electron chi connectivity index (χ4n) is 1.89. The first-order chi connectivity index (χ1) is 11.1. The summed E-state index contributed by atoms with van der Waals surface area (Å²) in [6.45, 7) is -1.91. The highest BCUT2D eigenvalue weighted by Crippen LogP contribution is 2.30. The minimum absolute atomic E-state index is 0. The Kier molecular flexibility index (Phi) is 6.49. The molecule has 0 atom stereocenters. The van der Waals surface area contributed by atoms with Crippen LogP contribution in [0, 0.1) is 0 Å². The molecule has 25 heavy (non-hydrogen) atoms. The van der Waals surface area contributed by atoms with Crippen LogP contribution in [-0.4, -0.2) is 34.7 Å². The van der Waals surface area contributed by atoms with E-state index >= 15 is 0 Å². The Labute approximate surface area is 145 Å². The van der Waals surface area contributed by atoms with E-state index in [0.717, 1.165) is 18.3 Å². The number of amides is 1. The largest absolute Gasteiger partial charge is 0.433 e. The summed E-state index contributed by atoms with van der Waals surface area (Å²) in [5.41, 5.74) is 3.74.